The van der Waals surface area contributed by atoms with Crippen molar-refractivity contribution in [3.63, 3.8) is 0 Å². The number of amides is 1. The summed E-state index contributed by atoms with van der Waals surface area (Å²) in [7, 11) is 0. The molecule has 2 aromatic carbocycles. The second-order valence-corrected chi connectivity index (χ2v) is 8.39. The van der Waals surface area contributed by atoms with Gasteiger partial charge in [0.25, 0.3) is 0 Å². The first-order valence-corrected chi connectivity index (χ1v) is 11.1. The first-order chi connectivity index (χ1) is 14.7. The number of carbonyl (C=O) groups is 1. The average Bonchev–Trinajstić information content (AvgIpc) is 3.28. The zero-order valence-corrected chi connectivity index (χ0v) is 17.5. The molecule has 0 bridgehead atoms. The summed E-state index contributed by atoms with van der Waals surface area (Å²) in [5, 5.41) is 0. The monoisotopic (exact) mass is 402 g/mol. The molecule has 156 valence electrons. The Bertz CT molecular complexity index is 903. The Hall–Kier alpha value is -2.93. The molecule has 2 aromatic rings. The molecule has 4 heteroatoms. The van der Waals surface area contributed by atoms with Gasteiger partial charge in [-0.05, 0) is 80.1 Å². The molecule has 30 heavy (non-hydrogen) atoms. The molecule has 2 N–H and O–H groups in total. The summed E-state index contributed by atoms with van der Waals surface area (Å²) in [6.07, 6.45) is 8.47. The minimum Gasteiger partial charge on any atom is -0.493 e. The van der Waals surface area contributed by atoms with Gasteiger partial charge in [0.05, 0.1) is 6.61 Å². The number of ether oxygens (including phenoxy) is 1. The van der Waals surface area contributed by atoms with E-state index in [1.165, 1.54) is 32.1 Å². The molecule has 4 rings (SSSR count). The van der Waals surface area contributed by atoms with Crippen LogP contribution in [0.2, 0.25) is 0 Å². The number of hydrogen-bond donors (Lipinski definition) is 1. The van der Waals surface area contributed by atoms with Gasteiger partial charge in [0.15, 0.2) is 0 Å². The largest absolute Gasteiger partial charge is 0.493 e. The van der Waals surface area contributed by atoms with Crippen molar-refractivity contribution >= 4 is 11.6 Å². The van der Waals surface area contributed by atoms with E-state index in [-0.39, 0.29) is 11.9 Å². The van der Waals surface area contributed by atoms with E-state index in [0.717, 1.165) is 48.6 Å². The maximum Gasteiger partial charge on any atom is 0.240 e. The van der Waals surface area contributed by atoms with Crippen LogP contribution in [0.4, 0.5) is 5.69 Å². The minimum absolute atomic E-state index is 0.194. The van der Waals surface area contributed by atoms with E-state index < -0.39 is 0 Å². The smallest absolute Gasteiger partial charge is 0.240 e. The lowest BCUT2D eigenvalue weighted by Crippen LogP contribution is -2.40. The highest BCUT2D eigenvalue weighted by molar-refractivity contribution is 5.84. The summed E-state index contributed by atoms with van der Waals surface area (Å²) in [6.45, 7) is 1.69. The van der Waals surface area contributed by atoms with Crippen molar-refractivity contribution in [1.29, 1.82) is 0 Å². The van der Waals surface area contributed by atoms with Crippen LogP contribution >= 0.6 is 0 Å². The van der Waals surface area contributed by atoms with E-state index in [9.17, 15) is 4.79 Å². The number of primary amides is 1. The molecular formula is C26H30N2O2. The standard InChI is InChI=1S/C26H30N2O2/c27-26(29)25-7-4-18-28(25)23-14-10-20(11-15-23)8-9-21-12-16-24(17-13-21)30-19-22-5-2-1-3-6-22/h10-17,22,25H,1-7,18-19H2,(H2,27,29)/t25-/m1/s1. The fraction of sp³-hybridized carbons (Fsp3) is 0.423. The molecule has 1 saturated carbocycles. The van der Waals surface area contributed by atoms with Gasteiger partial charge in [0.1, 0.15) is 11.8 Å². The summed E-state index contributed by atoms with van der Waals surface area (Å²) < 4.78 is 5.96. The molecule has 2 fully saturated rings. The number of nitrogens with zero attached hydrogens (tertiary/aromatic N) is 1. The molecule has 1 atom stereocenters. The Balaban J connectivity index is 1.33. The van der Waals surface area contributed by atoms with Gasteiger partial charge in [-0.3, -0.25) is 4.79 Å². The highest BCUT2D eigenvalue weighted by Gasteiger charge is 2.28. The molecule has 1 heterocycles. The van der Waals surface area contributed by atoms with E-state index in [2.05, 4.69) is 16.7 Å². The third kappa shape index (κ3) is 5.16. The van der Waals surface area contributed by atoms with E-state index in [4.69, 9.17) is 10.5 Å². The van der Waals surface area contributed by atoms with Gasteiger partial charge < -0.3 is 15.4 Å². The van der Waals surface area contributed by atoms with Crippen molar-refractivity contribution in [2.75, 3.05) is 18.1 Å². The number of nitrogens with two attached hydrogens (primary N) is 1. The fourth-order valence-corrected chi connectivity index (χ4v) is 4.45. The molecule has 1 saturated heterocycles. The normalized spacial score (nSPS) is 19.2. The molecule has 1 amide bonds. The molecule has 1 aliphatic carbocycles. The molecule has 4 nitrogen and oxygen atoms in total. The molecule has 0 unspecified atom stereocenters. The van der Waals surface area contributed by atoms with E-state index >= 15 is 0 Å². The summed E-state index contributed by atoms with van der Waals surface area (Å²) in [5.41, 5.74) is 8.47. The summed E-state index contributed by atoms with van der Waals surface area (Å²) >= 11 is 0. The zero-order chi connectivity index (χ0) is 20.8. The number of anilines is 1. The molecule has 0 spiro atoms. The van der Waals surface area contributed by atoms with E-state index in [1.54, 1.807) is 0 Å². The van der Waals surface area contributed by atoms with Gasteiger partial charge in [-0.25, -0.2) is 0 Å². The summed E-state index contributed by atoms with van der Waals surface area (Å²) in [4.78, 5) is 13.7. The van der Waals surface area contributed by atoms with Crippen molar-refractivity contribution < 1.29 is 9.53 Å². The Labute approximate surface area is 179 Å². The average molecular weight is 403 g/mol. The minimum atomic E-state index is -0.248. The van der Waals surface area contributed by atoms with Crippen LogP contribution in [-0.2, 0) is 4.79 Å². The Kier molecular flexibility index (Phi) is 6.59. The zero-order valence-electron chi connectivity index (χ0n) is 17.5. The van der Waals surface area contributed by atoms with Crippen molar-refractivity contribution in [2.24, 2.45) is 11.7 Å². The Morgan fingerprint density at radius 1 is 0.900 bits per heavy atom. The highest BCUT2D eigenvalue weighted by Crippen LogP contribution is 2.26. The Morgan fingerprint density at radius 2 is 1.53 bits per heavy atom. The van der Waals surface area contributed by atoms with Gasteiger partial charge in [-0.2, -0.15) is 0 Å². The fourth-order valence-electron chi connectivity index (χ4n) is 4.45. The highest BCUT2D eigenvalue weighted by atomic mass is 16.5. The van der Waals surface area contributed by atoms with Crippen molar-refractivity contribution in [2.45, 2.75) is 51.0 Å². The summed E-state index contributed by atoms with van der Waals surface area (Å²) in [6, 6.07) is 15.9. The predicted molar refractivity (Wildman–Crippen MR) is 120 cm³/mol. The lowest BCUT2D eigenvalue weighted by Gasteiger charge is -2.24. The van der Waals surface area contributed by atoms with Crippen LogP contribution in [0.15, 0.2) is 48.5 Å². The molecule has 2 aliphatic rings. The van der Waals surface area contributed by atoms with E-state index in [1.807, 2.05) is 48.5 Å². The first kappa shape index (κ1) is 20.3. The quantitative estimate of drug-likeness (QED) is 0.749. The topological polar surface area (TPSA) is 55.6 Å². The van der Waals surface area contributed by atoms with Crippen LogP contribution in [0, 0.1) is 17.8 Å². The van der Waals surface area contributed by atoms with Crippen LogP contribution in [0.3, 0.4) is 0 Å². The summed E-state index contributed by atoms with van der Waals surface area (Å²) in [5.74, 6) is 7.81. The van der Waals surface area contributed by atoms with Gasteiger partial charge in [0, 0.05) is 23.4 Å². The lowest BCUT2D eigenvalue weighted by atomic mass is 9.90. The van der Waals surface area contributed by atoms with Crippen molar-refractivity contribution in [1.82, 2.24) is 0 Å². The van der Waals surface area contributed by atoms with Crippen LogP contribution in [-0.4, -0.2) is 25.1 Å². The lowest BCUT2D eigenvalue weighted by molar-refractivity contribution is -0.119. The van der Waals surface area contributed by atoms with Gasteiger partial charge in [0.2, 0.25) is 5.91 Å². The Morgan fingerprint density at radius 3 is 2.17 bits per heavy atom. The SMILES string of the molecule is NC(=O)[C@H]1CCCN1c1ccc(C#Cc2ccc(OCC3CCCCC3)cc2)cc1. The van der Waals surface area contributed by atoms with Gasteiger partial charge in [-0.15, -0.1) is 0 Å². The molecular weight excluding hydrogens is 372 g/mol. The van der Waals surface area contributed by atoms with Crippen molar-refractivity contribution in [3.05, 3.63) is 59.7 Å². The van der Waals surface area contributed by atoms with Crippen LogP contribution in [0.1, 0.15) is 56.1 Å². The maximum atomic E-state index is 11.6. The van der Waals surface area contributed by atoms with Gasteiger partial charge >= 0.3 is 0 Å². The number of rotatable bonds is 5. The molecule has 1 aliphatic heterocycles. The number of benzene rings is 2. The molecule has 0 aromatic heterocycles. The number of carbonyl (C=O) groups excluding carboxylic acids is 1. The third-order valence-corrected chi connectivity index (χ3v) is 6.20. The van der Waals surface area contributed by atoms with Crippen molar-refractivity contribution in [3.8, 4) is 17.6 Å². The number of hydrogen-bond acceptors (Lipinski definition) is 3. The predicted octanol–water partition coefficient (Wildman–Crippen LogP) is 4.50. The molecule has 0 radical (unpaired) electrons. The second kappa shape index (κ2) is 9.71. The van der Waals surface area contributed by atoms with Gasteiger partial charge in [-0.1, -0.05) is 31.1 Å². The van der Waals surface area contributed by atoms with Crippen LogP contribution < -0.4 is 15.4 Å². The first-order valence-electron chi connectivity index (χ1n) is 11.1. The maximum absolute atomic E-state index is 11.6. The van der Waals surface area contributed by atoms with E-state index in [0.29, 0.717) is 5.92 Å². The third-order valence-electron chi connectivity index (χ3n) is 6.20. The van der Waals surface area contributed by atoms with Crippen LogP contribution in [0.5, 0.6) is 5.75 Å². The second-order valence-electron chi connectivity index (χ2n) is 8.39. The van der Waals surface area contributed by atoms with Crippen LogP contribution in [0.25, 0.3) is 0 Å².